The van der Waals surface area contributed by atoms with Crippen molar-refractivity contribution in [1.82, 2.24) is 9.62 Å². The monoisotopic (exact) mass is 412 g/mol. The van der Waals surface area contributed by atoms with Crippen LogP contribution in [0.4, 0.5) is 0 Å². The van der Waals surface area contributed by atoms with Gasteiger partial charge in [0.2, 0.25) is 10.0 Å². The van der Waals surface area contributed by atoms with E-state index in [-0.39, 0.29) is 35.5 Å². The lowest BCUT2D eigenvalue weighted by Crippen LogP contribution is -2.40. The topological polar surface area (TPSA) is 102 Å². The van der Waals surface area contributed by atoms with Gasteiger partial charge in [-0.25, -0.2) is 13.2 Å². The zero-order valence-corrected chi connectivity index (χ0v) is 17.5. The van der Waals surface area contributed by atoms with E-state index >= 15 is 0 Å². The number of morpholine rings is 1. The third-order valence-electron chi connectivity index (χ3n) is 4.73. The molecule has 0 aliphatic carbocycles. The van der Waals surface area contributed by atoms with Crippen LogP contribution in [0.2, 0.25) is 0 Å². The molecule has 8 nitrogen and oxygen atoms in total. The molecule has 1 amide bonds. The minimum Gasteiger partial charge on any atom is -0.452 e. The standard InChI is InChI=1S/C19H28N2O6S/c1-13(2)15(4)20-18(22)12-27-19(23)16-6-5-14(3)17(11-16)28(24,25)21-7-9-26-10-8-21/h5-6,11,13,15H,7-10,12H2,1-4H3,(H,20,22)/t15-/m0/s1. The van der Waals surface area contributed by atoms with E-state index in [4.69, 9.17) is 9.47 Å². The van der Waals surface area contributed by atoms with E-state index in [9.17, 15) is 18.0 Å². The molecule has 0 bridgehead atoms. The fourth-order valence-corrected chi connectivity index (χ4v) is 4.27. The molecule has 1 fully saturated rings. The first-order valence-electron chi connectivity index (χ1n) is 9.28. The fourth-order valence-electron chi connectivity index (χ4n) is 2.61. The van der Waals surface area contributed by atoms with Gasteiger partial charge in [-0.15, -0.1) is 0 Å². The van der Waals surface area contributed by atoms with Crippen molar-refractivity contribution in [2.24, 2.45) is 5.92 Å². The van der Waals surface area contributed by atoms with Crippen molar-refractivity contribution >= 4 is 21.9 Å². The molecule has 1 saturated heterocycles. The summed E-state index contributed by atoms with van der Waals surface area (Å²) in [5.74, 6) is -0.890. The number of carbonyl (C=O) groups excluding carboxylic acids is 2. The molecule has 28 heavy (non-hydrogen) atoms. The van der Waals surface area contributed by atoms with Crippen LogP contribution in [0.25, 0.3) is 0 Å². The Labute approximate surface area is 166 Å². The van der Waals surface area contributed by atoms with Crippen LogP contribution in [0, 0.1) is 12.8 Å². The van der Waals surface area contributed by atoms with Crippen molar-refractivity contribution in [3.8, 4) is 0 Å². The summed E-state index contributed by atoms with van der Waals surface area (Å²) in [6, 6.07) is 4.31. The highest BCUT2D eigenvalue weighted by Gasteiger charge is 2.28. The van der Waals surface area contributed by atoms with Crippen molar-refractivity contribution in [1.29, 1.82) is 0 Å². The van der Waals surface area contributed by atoms with Gasteiger partial charge in [0.05, 0.1) is 23.7 Å². The maximum absolute atomic E-state index is 12.9. The first-order chi connectivity index (χ1) is 13.1. The van der Waals surface area contributed by atoms with Gasteiger partial charge < -0.3 is 14.8 Å². The molecule has 0 unspecified atom stereocenters. The molecule has 1 aliphatic heterocycles. The maximum atomic E-state index is 12.9. The van der Waals surface area contributed by atoms with Gasteiger partial charge in [0.15, 0.2) is 6.61 Å². The average Bonchev–Trinajstić information content (AvgIpc) is 2.66. The highest BCUT2D eigenvalue weighted by Crippen LogP contribution is 2.22. The Morgan fingerprint density at radius 1 is 1.21 bits per heavy atom. The second-order valence-electron chi connectivity index (χ2n) is 7.17. The molecule has 0 aromatic heterocycles. The normalized spacial score (nSPS) is 16.6. The summed E-state index contributed by atoms with van der Waals surface area (Å²) >= 11 is 0. The van der Waals surface area contributed by atoms with E-state index in [0.29, 0.717) is 18.8 Å². The van der Waals surface area contributed by atoms with Crippen molar-refractivity contribution in [2.75, 3.05) is 32.9 Å². The second-order valence-corrected chi connectivity index (χ2v) is 9.08. The molecule has 9 heteroatoms. The Morgan fingerprint density at radius 2 is 1.86 bits per heavy atom. The molecule has 2 rings (SSSR count). The minimum absolute atomic E-state index is 0.0455. The summed E-state index contributed by atoms with van der Waals surface area (Å²) in [5.41, 5.74) is 0.619. The minimum atomic E-state index is -3.74. The van der Waals surface area contributed by atoms with Crippen molar-refractivity contribution < 1.29 is 27.5 Å². The summed E-state index contributed by atoms with van der Waals surface area (Å²) in [6.07, 6.45) is 0. The number of carbonyl (C=O) groups is 2. The molecule has 1 heterocycles. The number of aryl methyl sites for hydroxylation is 1. The Hall–Kier alpha value is -1.97. The summed E-state index contributed by atoms with van der Waals surface area (Å²) in [4.78, 5) is 24.2. The second kappa shape index (κ2) is 9.49. The predicted octanol–water partition coefficient (Wildman–Crippen LogP) is 1.33. The SMILES string of the molecule is Cc1ccc(C(=O)OCC(=O)N[C@@H](C)C(C)C)cc1S(=O)(=O)N1CCOCC1. The number of esters is 1. The molecule has 156 valence electrons. The van der Waals surface area contributed by atoms with Gasteiger partial charge in [-0.1, -0.05) is 19.9 Å². The zero-order chi connectivity index (χ0) is 20.9. The summed E-state index contributed by atoms with van der Waals surface area (Å²) in [6.45, 7) is 8.27. The summed E-state index contributed by atoms with van der Waals surface area (Å²) in [7, 11) is -3.74. The number of hydrogen-bond acceptors (Lipinski definition) is 6. The largest absolute Gasteiger partial charge is 0.452 e. The third-order valence-corrected chi connectivity index (χ3v) is 6.78. The van der Waals surface area contributed by atoms with E-state index in [2.05, 4.69) is 5.32 Å². The predicted molar refractivity (Wildman–Crippen MR) is 103 cm³/mol. The van der Waals surface area contributed by atoms with Gasteiger partial charge in [0, 0.05) is 19.1 Å². The molecular weight excluding hydrogens is 384 g/mol. The molecular formula is C19H28N2O6S. The van der Waals surface area contributed by atoms with Crippen molar-refractivity contribution in [3.63, 3.8) is 0 Å². The number of benzene rings is 1. The van der Waals surface area contributed by atoms with Crippen LogP contribution >= 0.6 is 0 Å². The van der Waals surface area contributed by atoms with Crippen LogP contribution < -0.4 is 5.32 Å². The number of rotatable bonds is 7. The Kier molecular flexibility index (Phi) is 7.56. The van der Waals surface area contributed by atoms with Gasteiger partial charge in [0.25, 0.3) is 5.91 Å². The van der Waals surface area contributed by atoms with E-state index in [1.807, 2.05) is 20.8 Å². The first-order valence-corrected chi connectivity index (χ1v) is 10.7. The molecule has 1 atom stereocenters. The molecule has 1 N–H and O–H groups in total. The van der Waals surface area contributed by atoms with Crippen LogP contribution in [0.15, 0.2) is 23.1 Å². The zero-order valence-electron chi connectivity index (χ0n) is 16.7. The lowest BCUT2D eigenvalue weighted by atomic mass is 10.1. The maximum Gasteiger partial charge on any atom is 0.338 e. The van der Waals surface area contributed by atoms with Crippen LogP contribution in [0.1, 0.15) is 36.7 Å². The summed E-state index contributed by atoms with van der Waals surface area (Å²) in [5, 5.41) is 2.74. The molecule has 0 saturated carbocycles. The van der Waals surface area contributed by atoms with Crippen LogP contribution in [-0.2, 0) is 24.3 Å². The lowest BCUT2D eigenvalue weighted by molar-refractivity contribution is -0.125. The quantitative estimate of drug-likeness (QED) is 0.678. The molecule has 0 radical (unpaired) electrons. The Morgan fingerprint density at radius 3 is 2.46 bits per heavy atom. The fraction of sp³-hybridized carbons (Fsp3) is 0.579. The van der Waals surface area contributed by atoms with Crippen molar-refractivity contribution in [3.05, 3.63) is 29.3 Å². The van der Waals surface area contributed by atoms with Crippen molar-refractivity contribution in [2.45, 2.75) is 38.6 Å². The van der Waals surface area contributed by atoms with E-state index in [0.717, 1.165) is 0 Å². The van der Waals surface area contributed by atoms with E-state index in [1.54, 1.807) is 13.0 Å². The first kappa shape index (κ1) is 22.3. The Balaban J connectivity index is 2.09. The molecule has 1 aromatic carbocycles. The van der Waals surface area contributed by atoms with E-state index < -0.39 is 28.5 Å². The van der Waals surface area contributed by atoms with E-state index in [1.165, 1.54) is 16.4 Å². The molecule has 0 spiro atoms. The lowest BCUT2D eigenvalue weighted by Gasteiger charge is -2.26. The number of nitrogens with one attached hydrogen (secondary N) is 1. The van der Waals surface area contributed by atoms with Gasteiger partial charge >= 0.3 is 5.97 Å². The summed E-state index contributed by atoms with van der Waals surface area (Å²) < 4.78 is 37.4. The molecule has 1 aliphatic rings. The van der Waals surface area contributed by atoms with Gasteiger partial charge in [-0.3, -0.25) is 4.79 Å². The van der Waals surface area contributed by atoms with Gasteiger partial charge in [-0.2, -0.15) is 4.31 Å². The smallest absolute Gasteiger partial charge is 0.338 e. The highest BCUT2D eigenvalue weighted by molar-refractivity contribution is 7.89. The third kappa shape index (κ3) is 5.52. The number of hydrogen-bond donors (Lipinski definition) is 1. The number of ether oxygens (including phenoxy) is 2. The van der Waals surface area contributed by atoms with Crippen LogP contribution in [-0.4, -0.2) is 63.6 Å². The van der Waals surface area contributed by atoms with Crippen LogP contribution in [0.3, 0.4) is 0 Å². The van der Waals surface area contributed by atoms with Gasteiger partial charge in [0.1, 0.15) is 0 Å². The van der Waals surface area contributed by atoms with Crippen LogP contribution in [0.5, 0.6) is 0 Å². The average molecular weight is 413 g/mol. The number of amides is 1. The Bertz CT molecular complexity index is 816. The van der Waals surface area contributed by atoms with Gasteiger partial charge in [-0.05, 0) is 37.5 Å². The highest BCUT2D eigenvalue weighted by atomic mass is 32.2. The molecule has 1 aromatic rings. The number of nitrogens with zero attached hydrogens (tertiary/aromatic N) is 1. The number of sulfonamides is 1.